The molecule has 0 bridgehead atoms. The number of aryl methyl sites for hydroxylation is 2. The van der Waals surface area contributed by atoms with E-state index in [1.54, 1.807) is 57.6 Å². The second kappa shape index (κ2) is 9.17. The average Bonchev–Trinajstić information content (AvgIpc) is 2.70. The molecule has 0 heterocycles. The summed E-state index contributed by atoms with van der Waals surface area (Å²) >= 11 is 0. The molecule has 0 aliphatic heterocycles. The van der Waals surface area contributed by atoms with Crippen LogP contribution in [0.3, 0.4) is 0 Å². The van der Waals surface area contributed by atoms with Gasteiger partial charge in [0.05, 0.1) is 7.11 Å². The lowest BCUT2D eigenvalue weighted by Gasteiger charge is -2.12. The van der Waals surface area contributed by atoms with Gasteiger partial charge in [-0.2, -0.15) is 0 Å². The molecule has 2 aromatic rings. The third kappa shape index (κ3) is 4.85. The number of hydrogen-bond donors (Lipinski definition) is 0. The van der Waals surface area contributed by atoms with Crippen LogP contribution in [0.15, 0.2) is 42.5 Å². The van der Waals surface area contributed by atoms with Crippen LogP contribution < -0.4 is 4.74 Å². The molecule has 0 saturated heterocycles. The van der Waals surface area contributed by atoms with E-state index in [-0.39, 0.29) is 11.7 Å². The normalized spacial score (nSPS) is 10.9. The molecule has 0 fully saturated rings. The third-order valence-electron chi connectivity index (χ3n) is 4.48. The number of carbonyl (C=O) groups excluding carboxylic acids is 2. The molecule has 0 atom stereocenters. The van der Waals surface area contributed by atoms with Gasteiger partial charge in [0.25, 0.3) is 5.91 Å². The molecule has 2 aromatic carbocycles. The molecule has 0 spiro atoms. The average molecular weight is 365 g/mol. The van der Waals surface area contributed by atoms with E-state index in [9.17, 15) is 9.59 Å². The molecule has 0 aromatic heterocycles. The van der Waals surface area contributed by atoms with Crippen LogP contribution >= 0.6 is 0 Å². The number of carbonyl (C=O) groups is 2. The Morgan fingerprint density at radius 3 is 2.15 bits per heavy atom. The van der Waals surface area contributed by atoms with E-state index in [0.29, 0.717) is 11.1 Å². The second-order valence-corrected chi connectivity index (χ2v) is 6.56. The topological polar surface area (TPSA) is 46.6 Å². The highest BCUT2D eigenvalue weighted by molar-refractivity contribution is 6.07. The Balaban J connectivity index is 2.27. The van der Waals surface area contributed by atoms with Gasteiger partial charge in [-0.15, -0.1) is 0 Å². The summed E-state index contributed by atoms with van der Waals surface area (Å²) in [4.78, 5) is 26.0. The summed E-state index contributed by atoms with van der Waals surface area (Å²) < 4.78 is 5.56. The van der Waals surface area contributed by atoms with Gasteiger partial charge in [-0.1, -0.05) is 32.0 Å². The maximum absolute atomic E-state index is 12.5. The highest BCUT2D eigenvalue weighted by atomic mass is 16.5. The van der Waals surface area contributed by atoms with E-state index in [1.807, 2.05) is 0 Å². The lowest BCUT2D eigenvalue weighted by molar-refractivity contribution is 0.0827. The van der Waals surface area contributed by atoms with Crippen LogP contribution in [-0.4, -0.2) is 37.8 Å². The van der Waals surface area contributed by atoms with Gasteiger partial charge in [0.1, 0.15) is 5.75 Å². The molecule has 1 amide bonds. The zero-order chi connectivity index (χ0) is 20.0. The van der Waals surface area contributed by atoms with Gasteiger partial charge < -0.3 is 9.64 Å². The number of amides is 1. The zero-order valence-electron chi connectivity index (χ0n) is 16.7. The summed E-state index contributed by atoms with van der Waals surface area (Å²) in [7, 11) is 5.05. The Labute approximate surface area is 161 Å². The minimum Gasteiger partial charge on any atom is -0.496 e. The molecular formula is C23H27NO3. The van der Waals surface area contributed by atoms with Crippen molar-refractivity contribution in [3.8, 4) is 5.75 Å². The van der Waals surface area contributed by atoms with Crippen LogP contribution in [0.1, 0.15) is 51.3 Å². The maximum Gasteiger partial charge on any atom is 0.253 e. The van der Waals surface area contributed by atoms with Gasteiger partial charge in [-0.25, -0.2) is 0 Å². The number of rotatable bonds is 7. The Morgan fingerprint density at radius 1 is 1.00 bits per heavy atom. The van der Waals surface area contributed by atoms with E-state index in [4.69, 9.17) is 4.74 Å². The number of allylic oxidation sites excluding steroid dienone is 1. The number of ketones is 1. The van der Waals surface area contributed by atoms with E-state index in [0.717, 1.165) is 29.7 Å². The monoisotopic (exact) mass is 365 g/mol. The smallest absolute Gasteiger partial charge is 0.253 e. The van der Waals surface area contributed by atoms with Gasteiger partial charge >= 0.3 is 0 Å². The molecule has 0 unspecified atom stereocenters. The number of nitrogens with zero attached hydrogens (tertiary/aromatic N) is 1. The Bertz CT molecular complexity index is 849. The highest BCUT2D eigenvalue weighted by Crippen LogP contribution is 2.28. The predicted molar refractivity (Wildman–Crippen MR) is 110 cm³/mol. The first-order valence-electron chi connectivity index (χ1n) is 9.15. The number of hydrogen-bond acceptors (Lipinski definition) is 3. The van der Waals surface area contributed by atoms with Crippen LogP contribution in [0.25, 0.3) is 6.08 Å². The van der Waals surface area contributed by atoms with Crippen LogP contribution in [0.5, 0.6) is 5.75 Å². The largest absolute Gasteiger partial charge is 0.496 e. The summed E-state index contributed by atoms with van der Waals surface area (Å²) in [5.41, 5.74) is 4.36. The fourth-order valence-corrected chi connectivity index (χ4v) is 2.92. The molecule has 142 valence electrons. The van der Waals surface area contributed by atoms with Crippen LogP contribution in [0, 0.1) is 0 Å². The number of benzene rings is 2. The molecule has 0 aliphatic carbocycles. The summed E-state index contributed by atoms with van der Waals surface area (Å²) in [6.45, 7) is 4.20. The van der Waals surface area contributed by atoms with Crippen molar-refractivity contribution in [2.45, 2.75) is 26.7 Å². The summed E-state index contributed by atoms with van der Waals surface area (Å²) in [5, 5.41) is 0. The standard InChI is InChI=1S/C23H27NO3/c1-6-16-14-17(7-2)22(27-5)20(15-16)12-13-21(25)18-8-10-19(11-9-18)23(26)24(3)4/h8-15H,6-7H2,1-5H3. The van der Waals surface area contributed by atoms with Crippen molar-refractivity contribution >= 4 is 17.8 Å². The Hall–Kier alpha value is -2.88. The first-order chi connectivity index (χ1) is 12.9. The van der Waals surface area contributed by atoms with Crippen molar-refractivity contribution in [1.82, 2.24) is 4.90 Å². The van der Waals surface area contributed by atoms with Crippen molar-refractivity contribution in [2.24, 2.45) is 0 Å². The van der Waals surface area contributed by atoms with Gasteiger partial charge in [-0.3, -0.25) is 9.59 Å². The SMILES string of the molecule is CCc1cc(C=CC(=O)c2ccc(C(=O)N(C)C)cc2)c(OC)c(CC)c1. The van der Waals surface area contributed by atoms with Crippen molar-refractivity contribution < 1.29 is 14.3 Å². The minimum atomic E-state index is -0.110. The molecular weight excluding hydrogens is 338 g/mol. The quantitative estimate of drug-likeness (QED) is 0.539. The van der Waals surface area contributed by atoms with Gasteiger partial charge in [0.15, 0.2) is 5.78 Å². The minimum absolute atomic E-state index is 0.0854. The van der Waals surface area contributed by atoms with Crippen molar-refractivity contribution in [2.75, 3.05) is 21.2 Å². The highest BCUT2D eigenvalue weighted by Gasteiger charge is 2.11. The van der Waals surface area contributed by atoms with Crippen LogP contribution in [0.2, 0.25) is 0 Å². The van der Waals surface area contributed by atoms with E-state index < -0.39 is 0 Å². The molecule has 0 saturated carbocycles. The molecule has 4 heteroatoms. The lowest BCUT2D eigenvalue weighted by Crippen LogP contribution is -2.21. The fraction of sp³-hybridized carbons (Fsp3) is 0.304. The molecule has 0 aliphatic rings. The molecule has 0 N–H and O–H groups in total. The second-order valence-electron chi connectivity index (χ2n) is 6.56. The van der Waals surface area contributed by atoms with E-state index in [1.165, 1.54) is 10.5 Å². The summed E-state index contributed by atoms with van der Waals surface area (Å²) in [6, 6.07) is 10.9. The third-order valence-corrected chi connectivity index (χ3v) is 4.48. The molecule has 27 heavy (non-hydrogen) atoms. The fourth-order valence-electron chi connectivity index (χ4n) is 2.92. The summed E-state index contributed by atoms with van der Waals surface area (Å²) in [5.74, 6) is 0.615. The molecule has 0 radical (unpaired) electrons. The van der Waals surface area contributed by atoms with Crippen LogP contribution in [0.4, 0.5) is 0 Å². The Morgan fingerprint density at radius 2 is 1.63 bits per heavy atom. The zero-order valence-corrected chi connectivity index (χ0v) is 16.7. The number of ether oxygens (including phenoxy) is 1. The van der Waals surface area contributed by atoms with E-state index in [2.05, 4.69) is 26.0 Å². The lowest BCUT2D eigenvalue weighted by atomic mass is 9.99. The van der Waals surface area contributed by atoms with Crippen molar-refractivity contribution in [3.63, 3.8) is 0 Å². The summed E-state index contributed by atoms with van der Waals surface area (Å²) in [6.07, 6.45) is 5.15. The van der Waals surface area contributed by atoms with Crippen LogP contribution in [-0.2, 0) is 12.8 Å². The number of methoxy groups -OCH3 is 1. The van der Waals surface area contributed by atoms with Crippen molar-refractivity contribution in [1.29, 1.82) is 0 Å². The van der Waals surface area contributed by atoms with Gasteiger partial charge in [0.2, 0.25) is 0 Å². The van der Waals surface area contributed by atoms with E-state index >= 15 is 0 Å². The predicted octanol–water partition coefficient (Wildman–Crippen LogP) is 4.42. The van der Waals surface area contributed by atoms with Gasteiger partial charge in [0, 0.05) is 30.8 Å². The first kappa shape index (κ1) is 20.4. The molecule has 4 nitrogen and oxygen atoms in total. The Kier molecular flexibility index (Phi) is 6.94. The van der Waals surface area contributed by atoms with Crippen molar-refractivity contribution in [3.05, 3.63) is 70.3 Å². The molecule has 2 rings (SSSR count). The first-order valence-corrected chi connectivity index (χ1v) is 9.15. The maximum atomic E-state index is 12.5. The van der Waals surface area contributed by atoms with Gasteiger partial charge in [-0.05, 0) is 54.3 Å².